The van der Waals surface area contributed by atoms with Crippen LogP contribution in [0.15, 0.2) is 35.2 Å². The van der Waals surface area contributed by atoms with Gasteiger partial charge in [0.15, 0.2) is 9.84 Å². The highest BCUT2D eigenvalue weighted by molar-refractivity contribution is 7.92. The molecule has 0 aliphatic heterocycles. The molecule has 99 valence electrons. The zero-order chi connectivity index (χ0) is 13.1. The average molecular weight is 266 g/mol. The van der Waals surface area contributed by atoms with Crippen LogP contribution < -0.4 is 5.73 Å². The first-order valence-corrected chi connectivity index (χ1v) is 8.05. The van der Waals surface area contributed by atoms with Crippen LogP contribution in [0.2, 0.25) is 0 Å². The van der Waals surface area contributed by atoms with Crippen molar-refractivity contribution in [1.82, 2.24) is 5.73 Å². The molecule has 0 saturated heterocycles. The molecular formula is C14H20NO2S. The van der Waals surface area contributed by atoms with E-state index in [4.69, 9.17) is 5.73 Å². The van der Waals surface area contributed by atoms with E-state index in [2.05, 4.69) is 0 Å². The van der Waals surface area contributed by atoms with Gasteiger partial charge in [0, 0.05) is 6.54 Å². The summed E-state index contributed by atoms with van der Waals surface area (Å²) in [6, 6.07) is 8.62. The Morgan fingerprint density at radius 2 is 1.56 bits per heavy atom. The second-order valence-electron chi connectivity index (χ2n) is 5.09. The van der Waals surface area contributed by atoms with E-state index in [1.807, 2.05) is 6.07 Å². The molecule has 1 aromatic rings. The molecule has 1 aliphatic carbocycles. The van der Waals surface area contributed by atoms with E-state index in [0.29, 0.717) is 17.7 Å². The van der Waals surface area contributed by atoms with Gasteiger partial charge in [-0.15, -0.1) is 0 Å². The molecule has 1 saturated carbocycles. The van der Waals surface area contributed by atoms with Gasteiger partial charge in [0.1, 0.15) is 0 Å². The second kappa shape index (κ2) is 5.41. The van der Waals surface area contributed by atoms with E-state index < -0.39 is 14.6 Å². The van der Waals surface area contributed by atoms with Gasteiger partial charge in [-0.2, -0.15) is 0 Å². The molecule has 1 N–H and O–H groups in total. The van der Waals surface area contributed by atoms with Gasteiger partial charge >= 0.3 is 0 Å². The van der Waals surface area contributed by atoms with E-state index in [-0.39, 0.29) is 6.54 Å². The minimum Gasteiger partial charge on any atom is -0.256 e. The molecule has 0 heterocycles. The lowest BCUT2D eigenvalue weighted by Gasteiger charge is -2.30. The molecule has 18 heavy (non-hydrogen) atoms. The van der Waals surface area contributed by atoms with Crippen molar-refractivity contribution in [2.45, 2.75) is 48.2 Å². The minimum absolute atomic E-state index is 0.0236. The highest BCUT2D eigenvalue weighted by atomic mass is 32.2. The largest absolute Gasteiger partial charge is 0.256 e. The highest BCUT2D eigenvalue weighted by Crippen LogP contribution is 2.37. The third-order valence-electron chi connectivity index (χ3n) is 3.96. The molecule has 0 unspecified atom stereocenters. The highest BCUT2D eigenvalue weighted by Gasteiger charge is 2.43. The molecule has 0 bridgehead atoms. The lowest BCUT2D eigenvalue weighted by Crippen LogP contribution is -2.42. The van der Waals surface area contributed by atoms with Crippen LogP contribution in [-0.4, -0.2) is 19.7 Å². The minimum atomic E-state index is -3.38. The molecule has 0 aromatic heterocycles. The lowest BCUT2D eigenvalue weighted by molar-refractivity contribution is 0.460. The summed E-state index contributed by atoms with van der Waals surface area (Å²) in [6.07, 6.45) is 5.29. The summed E-state index contributed by atoms with van der Waals surface area (Å²) in [6.45, 7) is -0.0236. The van der Waals surface area contributed by atoms with Gasteiger partial charge in [0.2, 0.25) is 0 Å². The van der Waals surface area contributed by atoms with Crippen molar-refractivity contribution in [3.8, 4) is 0 Å². The second-order valence-corrected chi connectivity index (χ2v) is 7.43. The fourth-order valence-corrected chi connectivity index (χ4v) is 4.79. The number of hydrogen-bond acceptors (Lipinski definition) is 2. The molecule has 3 nitrogen and oxygen atoms in total. The van der Waals surface area contributed by atoms with Crippen molar-refractivity contribution in [2.75, 3.05) is 6.54 Å². The van der Waals surface area contributed by atoms with Crippen molar-refractivity contribution < 1.29 is 8.42 Å². The molecule has 0 atom stereocenters. The van der Waals surface area contributed by atoms with Crippen molar-refractivity contribution in [1.29, 1.82) is 0 Å². The zero-order valence-electron chi connectivity index (χ0n) is 10.6. The monoisotopic (exact) mass is 266 g/mol. The SMILES string of the molecule is [NH]CC1(S(=O)(=O)c2ccccc2)CCCCCC1. The molecule has 1 radical (unpaired) electrons. The number of nitrogens with one attached hydrogen (secondary N) is 1. The van der Waals surface area contributed by atoms with Gasteiger partial charge in [0.05, 0.1) is 9.64 Å². The molecule has 0 amide bonds. The van der Waals surface area contributed by atoms with E-state index in [1.165, 1.54) is 0 Å². The van der Waals surface area contributed by atoms with E-state index in [0.717, 1.165) is 25.7 Å². The van der Waals surface area contributed by atoms with Crippen LogP contribution in [0.25, 0.3) is 0 Å². The van der Waals surface area contributed by atoms with Crippen LogP contribution in [0.5, 0.6) is 0 Å². The van der Waals surface area contributed by atoms with Crippen LogP contribution in [-0.2, 0) is 9.84 Å². The summed E-state index contributed by atoms with van der Waals surface area (Å²) < 4.78 is 24.7. The Labute approximate surface area is 109 Å². The van der Waals surface area contributed by atoms with Gasteiger partial charge in [-0.05, 0) is 25.0 Å². The van der Waals surface area contributed by atoms with Crippen molar-refractivity contribution in [2.24, 2.45) is 0 Å². The molecular weight excluding hydrogens is 246 g/mol. The number of hydrogen-bond donors (Lipinski definition) is 0. The fourth-order valence-electron chi connectivity index (χ4n) is 2.76. The number of rotatable bonds is 3. The molecule has 0 spiro atoms. The van der Waals surface area contributed by atoms with Crippen LogP contribution >= 0.6 is 0 Å². The summed E-state index contributed by atoms with van der Waals surface area (Å²) in [5, 5.41) is 0. The molecule has 1 aliphatic rings. The predicted octanol–water partition coefficient (Wildman–Crippen LogP) is 2.84. The van der Waals surface area contributed by atoms with E-state index in [9.17, 15) is 8.42 Å². The Kier molecular flexibility index (Phi) is 4.07. The average Bonchev–Trinajstić information content (AvgIpc) is 2.66. The zero-order valence-corrected chi connectivity index (χ0v) is 11.4. The summed E-state index contributed by atoms with van der Waals surface area (Å²) in [7, 11) is -3.38. The molecule has 1 fully saturated rings. The summed E-state index contributed by atoms with van der Waals surface area (Å²) >= 11 is 0. The maximum atomic E-state index is 12.8. The Balaban J connectivity index is 2.42. The molecule has 1 aromatic carbocycles. The van der Waals surface area contributed by atoms with Crippen molar-refractivity contribution >= 4 is 9.84 Å². The maximum absolute atomic E-state index is 12.8. The molecule has 2 rings (SSSR count). The first-order chi connectivity index (χ1) is 8.62. The first-order valence-electron chi connectivity index (χ1n) is 6.57. The van der Waals surface area contributed by atoms with Crippen LogP contribution in [0.3, 0.4) is 0 Å². The Morgan fingerprint density at radius 3 is 2.06 bits per heavy atom. The topological polar surface area (TPSA) is 57.9 Å². The van der Waals surface area contributed by atoms with Crippen LogP contribution in [0.1, 0.15) is 38.5 Å². The summed E-state index contributed by atoms with van der Waals surface area (Å²) in [5.74, 6) is 0. The third-order valence-corrected chi connectivity index (χ3v) is 6.55. The third kappa shape index (κ3) is 2.31. The molecule has 4 heteroatoms. The standard InChI is InChI=1S/C14H20NO2S/c15-12-14(10-6-1-2-7-11-14)18(16,17)13-8-4-3-5-9-13/h3-5,8-9,15H,1-2,6-7,10-12H2. The van der Waals surface area contributed by atoms with Crippen molar-refractivity contribution in [3.63, 3.8) is 0 Å². The first kappa shape index (κ1) is 13.6. The normalized spacial score (nSPS) is 20.3. The summed E-state index contributed by atoms with van der Waals surface area (Å²) in [5.41, 5.74) is 7.77. The Bertz CT molecular complexity index is 474. The van der Waals surface area contributed by atoms with Gasteiger partial charge in [0.25, 0.3) is 0 Å². The van der Waals surface area contributed by atoms with Crippen LogP contribution in [0, 0.1) is 0 Å². The fraction of sp³-hybridized carbons (Fsp3) is 0.571. The quantitative estimate of drug-likeness (QED) is 0.790. The van der Waals surface area contributed by atoms with Gasteiger partial charge in [-0.1, -0.05) is 43.9 Å². The van der Waals surface area contributed by atoms with Crippen LogP contribution in [0.4, 0.5) is 0 Å². The number of sulfone groups is 1. The predicted molar refractivity (Wildman–Crippen MR) is 72.0 cm³/mol. The maximum Gasteiger partial charge on any atom is 0.185 e. The van der Waals surface area contributed by atoms with E-state index >= 15 is 0 Å². The number of benzene rings is 1. The summed E-state index contributed by atoms with van der Waals surface area (Å²) in [4.78, 5) is 0.374. The Morgan fingerprint density at radius 1 is 1.00 bits per heavy atom. The smallest absolute Gasteiger partial charge is 0.185 e. The lowest BCUT2D eigenvalue weighted by atomic mass is 9.99. The van der Waals surface area contributed by atoms with E-state index in [1.54, 1.807) is 24.3 Å². The van der Waals surface area contributed by atoms with Crippen molar-refractivity contribution in [3.05, 3.63) is 30.3 Å². The van der Waals surface area contributed by atoms with Gasteiger partial charge in [-0.3, -0.25) is 5.73 Å². The Hall–Kier alpha value is -0.870. The van der Waals surface area contributed by atoms with Gasteiger partial charge < -0.3 is 0 Å². The van der Waals surface area contributed by atoms with Gasteiger partial charge in [-0.25, -0.2) is 8.42 Å².